The lowest BCUT2D eigenvalue weighted by Crippen LogP contribution is -2.51. The van der Waals surface area contributed by atoms with Gasteiger partial charge in [0.25, 0.3) is 0 Å². The topological polar surface area (TPSA) is 150 Å². The van der Waals surface area contributed by atoms with E-state index in [9.17, 15) is 18.9 Å². The minimum absolute atomic E-state index is 0.0800. The molecule has 2 atom stereocenters. The summed E-state index contributed by atoms with van der Waals surface area (Å²) >= 11 is 0. The van der Waals surface area contributed by atoms with E-state index in [4.69, 9.17) is 15.3 Å². The maximum absolute atomic E-state index is 14.8. The summed E-state index contributed by atoms with van der Waals surface area (Å²) in [4.78, 5) is 42.8. The lowest BCUT2D eigenvalue weighted by atomic mass is 10.1. The molecular weight excluding hydrogens is 516 g/mol. The molecule has 2 unspecified atom stereocenters. The molecule has 38 heavy (non-hydrogen) atoms. The van der Waals surface area contributed by atoms with E-state index in [-0.39, 0.29) is 53.6 Å². The average Bonchev–Trinajstić information content (AvgIpc) is 3.30. The first-order valence-electron chi connectivity index (χ1n) is 12.8. The highest BCUT2D eigenvalue weighted by Gasteiger charge is 2.21. The van der Waals surface area contributed by atoms with Crippen LogP contribution in [-0.4, -0.2) is 93.0 Å². The van der Waals surface area contributed by atoms with Crippen molar-refractivity contribution < 1.29 is 28.4 Å². The second kappa shape index (κ2) is 18.9. The van der Waals surface area contributed by atoms with Gasteiger partial charge >= 0.3 is 0 Å². The summed E-state index contributed by atoms with van der Waals surface area (Å²) in [5.74, 6) is -1.14. The lowest BCUT2D eigenvalue weighted by molar-refractivity contribution is -0.128. The molecule has 14 heteroatoms. The highest BCUT2D eigenvalue weighted by Crippen LogP contribution is 2.40. The molecule has 0 spiro atoms. The Morgan fingerprint density at radius 3 is 2.68 bits per heavy atom. The van der Waals surface area contributed by atoms with Crippen molar-refractivity contribution in [2.45, 2.75) is 38.3 Å². The number of nitrogens with one attached hydrogen (secondary N) is 4. The number of carbonyl (C=O) groups is 3. The number of hydrogen-bond acceptors (Lipinski definition) is 9. The molecule has 0 saturated carbocycles. The summed E-state index contributed by atoms with van der Waals surface area (Å²) in [6, 6.07) is 9.20. The maximum atomic E-state index is 14.8. The van der Waals surface area contributed by atoms with E-state index in [1.807, 2.05) is 30.3 Å². The highest BCUT2D eigenvalue weighted by atomic mass is 31.1. The second-order valence-electron chi connectivity index (χ2n) is 8.84. The van der Waals surface area contributed by atoms with Crippen LogP contribution in [0.1, 0.15) is 31.2 Å². The number of rotatable bonds is 20. The lowest BCUT2D eigenvalue weighted by Gasteiger charge is -2.25. The van der Waals surface area contributed by atoms with Crippen molar-refractivity contribution in [1.29, 1.82) is 0 Å². The third kappa shape index (κ3) is 14.1. The highest BCUT2D eigenvalue weighted by molar-refractivity contribution is 7.54. The first kappa shape index (κ1) is 32.0. The fourth-order valence-corrected chi connectivity index (χ4v) is 4.97. The first-order chi connectivity index (χ1) is 18.3. The zero-order valence-electron chi connectivity index (χ0n) is 22.0. The smallest absolute Gasteiger partial charge is 0.243 e. The minimum atomic E-state index is -0.944. The van der Waals surface area contributed by atoms with Crippen LogP contribution in [0.4, 0.5) is 4.48 Å². The Kier molecular flexibility index (Phi) is 15.9. The predicted octanol–water partition coefficient (Wildman–Crippen LogP) is 0.362. The molecule has 1 aromatic rings. The number of hydrogen-bond donors (Lipinski definition) is 5. The molecule has 1 fully saturated rings. The van der Waals surface area contributed by atoms with Gasteiger partial charge in [0.1, 0.15) is 12.8 Å². The molecule has 12 nitrogen and oxygen atoms in total. The van der Waals surface area contributed by atoms with Crippen LogP contribution < -0.4 is 27.0 Å². The summed E-state index contributed by atoms with van der Waals surface area (Å²) in [7, 11) is -0.161. The Morgan fingerprint density at radius 1 is 1.18 bits per heavy atom. The summed E-state index contributed by atoms with van der Waals surface area (Å²) < 4.78 is 19.7. The van der Waals surface area contributed by atoms with Gasteiger partial charge in [0.2, 0.25) is 17.7 Å². The molecule has 1 aliphatic heterocycles. The quantitative estimate of drug-likeness (QED) is 0.0663. The molecule has 1 aromatic carbocycles. The third-order valence-electron chi connectivity index (χ3n) is 5.63. The van der Waals surface area contributed by atoms with Gasteiger partial charge in [-0.05, 0) is 33.1 Å². The Balaban J connectivity index is 1.62. The Labute approximate surface area is 224 Å². The first-order valence-corrected chi connectivity index (χ1v) is 14.7. The predicted molar refractivity (Wildman–Crippen MR) is 143 cm³/mol. The Morgan fingerprint density at radius 2 is 1.97 bits per heavy atom. The van der Waals surface area contributed by atoms with Crippen molar-refractivity contribution in [3.63, 3.8) is 0 Å². The number of amides is 3. The van der Waals surface area contributed by atoms with Gasteiger partial charge in [-0.15, -0.1) is 9.60 Å². The Bertz CT molecular complexity index is 842. The zero-order valence-corrected chi connectivity index (χ0v) is 22.9. The molecule has 0 bridgehead atoms. The number of ether oxygens (including phenoxy) is 1. The number of hydroxylamine groups is 1. The normalized spacial score (nSPS) is 16.4. The van der Waals surface area contributed by atoms with Gasteiger partial charge in [0, 0.05) is 25.5 Å². The van der Waals surface area contributed by atoms with Crippen molar-refractivity contribution in [3.8, 4) is 0 Å². The summed E-state index contributed by atoms with van der Waals surface area (Å²) in [6.45, 7) is 3.36. The molecule has 2 rings (SSSR count). The number of benzene rings is 1. The SMILES string of the molecule is CP1CCON1CCCCCC(=O)NCNCC(=O)NC(Cc1ccccc1)N(F)CNCOCC(N)=O. The summed E-state index contributed by atoms with van der Waals surface area (Å²) in [6.07, 6.45) is 3.55. The number of primary amides is 1. The zero-order chi connectivity index (χ0) is 27.6. The molecule has 0 aromatic heterocycles. The minimum Gasteiger partial charge on any atom is -0.368 e. The summed E-state index contributed by atoms with van der Waals surface area (Å²) in [5, 5.41) is 11.4. The van der Waals surface area contributed by atoms with E-state index in [0.717, 1.165) is 44.1 Å². The van der Waals surface area contributed by atoms with Gasteiger partial charge in [-0.3, -0.25) is 29.9 Å². The standard InChI is InChI=1S/C24H41FN7O5P/c1-38-13-12-37-32(38)11-7-3-6-10-23(34)29-17-27-15-24(35)30-22(14-20-8-4-2-5-9-20)31(25)18-28-19-36-16-21(26)33/h2,4-5,8-9,22,27-28H,3,6-7,10-19H2,1H3,(H2,26,33)(H,29,34)(H,30,35). The van der Waals surface area contributed by atoms with Crippen LogP contribution >= 0.6 is 8.07 Å². The Hall–Kier alpha value is -2.25. The number of carbonyl (C=O) groups excluding carboxylic acids is 3. The van der Waals surface area contributed by atoms with Gasteiger partial charge in [-0.1, -0.05) is 36.8 Å². The van der Waals surface area contributed by atoms with Crippen molar-refractivity contribution in [1.82, 2.24) is 31.2 Å². The van der Waals surface area contributed by atoms with Gasteiger partial charge in [-0.25, -0.2) is 0 Å². The molecule has 214 valence electrons. The van der Waals surface area contributed by atoms with E-state index < -0.39 is 18.0 Å². The van der Waals surface area contributed by atoms with Gasteiger partial charge in [0.15, 0.2) is 0 Å². The molecule has 1 aliphatic rings. The van der Waals surface area contributed by atoms with E-state index in [2.05, 4.69) is 32.8 Å². The van der Waals surface area contributed by atoms with Crippen LogP contribution in [0.15, 0.2) is 30.3 Å². The number of unbranched alkanes of at least 4 members (excludes halogenated alkanes) is 2. The molecule has 0 aliphatic carbocycles. The summed E-state index contributed by atoms with van der Waals surface area (Å²) in [5.41, 5.74) is 5.83. The molecule has 3 amide bonds. The monoisotopic (exact) mass is 557 g/mol. The van der Waals surface area contributed by atoms with Gasteiger partial charge < -0.3 is 21.1 Å². The van der Waals surface area contributed by atoms with Crippen LogP contribution in [0, 0.1) is 0 Å². The third-order valence-corrected chi connectivity index (χ3v) is 7.54. The molecule has 1 heterocycles. The van der Waals surface area contributed by atoms with Crippen molar-refractivity contribution in [2.75, 3.05) is 59.2 Å². The van der Waals surface area contributed by atoms with E-state index >= 15 is 0 Å². The van der Waals surface area contributed by atoms with E-state index in [1.165, 1.54) is 0 Å². The number of nitrogens with zero attached hydrogens (tertiary/aromatic N) is 2. The van der Waals surface area contributed by atoms with Crippen LogP contribution in [0.2, 0.25) is 0 Å². The fourth-order valence-electron chi connectivity index (χ4n) is 3.64. The largest absolute Gasteiger partial charge is 0.368 e. The average molecular weight is 558 g/mol. The van der Waals surface area contributed by atoms with E-state index in [1.54, 1.807) is 0 Å². The fraction of sp³-hybridized carbons (Fsp3) is 0.625. The molecule has 1 saturated heterocycles. The van der Waals surface area contributed by atoms with Crippen LogP contribution in [0.3, 0.4) is 0 Å². The molecule has 6 N–H and O–H groups in total. The van der Waals surface area contributed by atoms with Crippen molar-refractivity contribution >= 4 is 25.8 Å². The molecule has 0 radical (unpaired) electrons. The van der Waals surface area contributed by atoms with Crippen LogP contribution in [0.25, 0.3) is 0 Å². The van der Waals surface area contributed by atoms with Crippen LogP contribution in [0.5, 0.6) is 0 Å². The maximum Gasteiger partial charge on any atom is 0.243 e. The van der Waals surface area contributed by atoms with Crippen molar-refractivity contribution in [3.05, 3.63) is 35.9 Å². The number of halogens is 1. The van der Waals surface area contributed by atoms with E-state index in [0.29, 0.717) is 11.5 Å². The molecular formula is C24H41FN7O5P. The number of nitrogens with two attached hydrogens (primary N) is 1. The van der Waals surface area contributed by atoms with Gasteiger partial charge in [0.05, 0.1) is 33.2 Å². The van der Waals surface area contributed by atoms with Crippen LogP contribution in [-0.2, 0) is 30.4 Å². The van der Waals surface area contributed by atoms with Crippen molar-refractivity contribution in [2.24, 2.45) is 5.73 Å². The second-order valence-corrected chi connectivity index (χ2v) is 11.1. The van der Waals surface area contributed by atoms with Gasteiger partial charge in [-0.2, -0.15) is 4.83 Å².